The molecule has 1 unspecified atom stereocenters. The van der Waals surface area contributed by atoms with Gasteiger partial charge < -0.3 is 20.3 Å². The van der Waals surface area contributed by atoms with E-state index in [0.29, 0.717) is 31.0 Å². The largest absolute Gasteiger partial charge is 0.497 e. The molecule has 0 radical (unpaired) electrons. The summed E-state index contributed by atoms with van der Waals surface area (Å²) >= 11 is 0. The Hall–Kier alpha value is -3.94. The van der Waals surface area contributed by atoms with Crippen molar-refractivity contribution in [2.75, 3.05) is 25.5 Å². The number of carbonyl (C=O) groups is 2. The molecule has 2 heterocycles. The molecule has 1 aliphatic heterocycles. The first kappa shape index (κ1) is 21.3. The third-order valence-corrected chi connectivity index (χ3v) is 5.45. The van der Waals surface area contributed by atoms with E-state index in [1.165, 1.54) is 0 Å². The first-order chi connectivity index (χ1) is 15.7. The van der Waals surface area contributed by atoms with E-state index >= 15 is 0 Å². The molecule has 2 aromatic carbocycles. The first-order valence-electron chi connectivity index (χ1n) is 10.5. The Kier molecular flexibility index (Phi) is 6.60. The zero-order chi connectivity index (χ0) is 22.3. The van der Waals surface area contributed by atoms with Gasteiger partial charge in [0.05, 0.1) is 7.11 Å². The van der Waals surface area contributed by atoms with Gasteiger partial charge in [-0.1, -0.05) is 18.2 Å². The maximum absolute atomic E-state index is 12.9. The highest BCUT2D eigenvalue weighted by Gasteiger charge is 2.24. The molecule has 1 saturated heterocycles. The topological polar surface area (TPSA) is 96.5 Å². The lowest BCUT2D eigenvalue weighted by molar-refractivity contribution is -0.110. The fourth-order valence-electron chi connectivity index (χ4n) is 3.76. The summed E-state index contributed by atoms with van der Waals surface area (Å²) in [7, 11) is 1.63. The first-order valence-corrected chi connectivity index (χ1v) is 10.5. The highest BCUT2D eigenvalue weighted by atomic mass is 16.5. The summed E-state index contributed by atoms with van der Waals surface area (Å²) in [5.74, 6) is 1.18. The number of piperidine rings is 1. The van der Waals surface area contributed by atoms with Gasteiger partial charge in [0.15, 0.2) is 0 Å². The summed E-state index contributed by atoms with van der Waals surface area (Å²) in [6, 6.07) is 15.0. The van der Waals surface area contributed by atoms with Crippen LogP contribution in [0.5, 0.6) is 5.75 Å². The summed E-state index contributed by atoms with van der Waals surface area (Å²) < 4.78 is 5.19. The minimum absolute atomic E-state index is 0.00382. The van der Waals surface area contributed by atoms with Gasteiger partial charge in [-0.15, -0.1) is 0 Å². The fraction of sp³-hybridized carbons (Fsp3) is 0.250. The number of methoxy groups -OCH3 is 1. The van der Waals surface area contributed by atoms with Gasteiger partial charge in [-0.2, -0.15) is 0 Å². The predicted octanol–water partition coefficient (Wildman–Crippen LogP) is 3.25. The second kappa shape index (κ2) is 9.91. The van der Waals surface area contributed by atoms with Crippen molar-refractivity contribution >= 4 is 24.0 Å². The number of likely N-dealkylation sites (tertiary alicyclic amines) is 1. The number of benzene rings is 2. The summed E-state index contributed by atoms with van der Waals surface area (Å²) in [4.78, 5) is 34.2. The second-order valence-electron chi connectivity index (χ2n) is 7.60. The Morgan fingerprint density at radius 3 is 2.62 bits per heavy atom. The normalized spacial score (nSPS) is 15.7. The summed E-state index contributed by atoms with van der Waals surface area (Å²) in [6.45, 7) is 1.20. The van der Waals surface area contributed by atoms with Crippen molar-refractivity contribution in [3.63, 3.8) is 0 Å². The number of hydrogen-bond acceptors (Lipinski definition) is 6. The van der Waals surface area contributed by atoms with Crippen LogP contribution in [0.4, 0.5) is 11.6 Å². The molecule has 0 bridgehead atoms. The van der Waals surface area contributed by atoms with Crippen LogP contribution < -0.4 is 15.4 Å². The maximum atomic E-state index is 12.9. The number of amides is 2. The zero-order valence-corrected chi connectivity index (χ0v) is 17.8. The molecule has 0 spiro atoms. The molecule has 1 fully saturated rings. The van der Waals surface area contributed by atoms with Gasteiger partial charge in [0.25, 0.3) is 5.91 Å². The molecule has 0 saturated carbocycles. The zero-order valence-electron chi connectivity index (χ0n) is 17.8. The van der Waals surface area contributed by atoms with Gasteiger partial charge in [0.1, 0.15) is 5.75 Å². The van der Waals surface area contributed by atoms with E-state index in [1.807, 2.05) is 36.4 Å². The summed E-state index contributed by atoms with van der Waals surface area (Å²) in [5, 5.41) is 5.93. The van der Waals surface area contributed by atoms with Crippen molar-refractivity contribution in [3.8, 4) is 16.9 Å². The van der Waals surface area contributed by atoms with Gasteiger partial charge in [-0.05, 0) is 48.7 Å². The molecule has 32 heavy (non-hydrogen) atoms. The summed E-state index contributed by atoms with van der Waals surface area (Å²) in [6.07, 6.45) is 5.95. The third-order valence-electron chi connectivity index (χ3n) is 5.45. The molecule has 0 aliphatic carbocycles. The Bertz CT molecular complexity index is 1070. The van der Waals surface area contributed by atoms with Crippen molar-refractivity contribution in [2.24, 2.45) is 0 Å². The van der Waals surface area contributed by atoms with Crippen LogP contribution in [0.2, 0.25) is 0 Å². The highest BCUT2D eigenvalue weighted by Crippen LogP contribution is 2.23. The van der Waals surface area contributed by atoms with Crippen LogP contribution in [0.25, 0.3) is 11.1 Å². The fourth-order valence-corrected chi connectivity index (χ4v) is 3.76. The smallest absolute Gasteiger partial charge is 0.253 e. The van der Waals surface area contributed by atoms with Gasteiger partial charge in [-0.25, -0.2) is 9.97 Å². The number of nitrogens with one attached hydrogen (secondary N) is 2. The summed E-state index contributed by atoms with van der Waals surface area (Å²) in [5.41, 5.74) is 3.20. The molecular weight excluding hydrogens is 406 g/mol. The van der Waals surface area contributed by atoms with Crippen LogP contribution in [0, 0.1) is 0 Å². The van der Waals surface area contributed by atoms with Crippen molar-refractivity contribution in [3.05, 3.63) is 66.5 Å². The number of ether oxygens (including phenoxy) is 1. The molecule has 2 amide bonds. The van der Waals surface area contributed by atoms with Crippen molar-refractivity contribution in [1.29, 1.82) is 0 Å². The minimum Gasteiger partial charge on any atom is -0.497 e. The monoisotopic (exact) mass is 431 g/mol. The quantitative estimate of drug-likeness (QED) is 0.558. The van der Waals surface area contributed by atoms with Crippen LogP contribution >= 0.6 is 0 Å². The van der Waals surface area contributed by atoms with Crippen molar-refractivity contribution in [2.45, 2.75) is 18.9 Å². The van der Waals surface area contributed by atoms with Crippen molar-refractivity contribution in [1.82, 2.24) is 20.2 Å². The Labute approximate surface area is 186 Å². The predicted molar refractivity (Wildman–Crippen MR) is 122 cm³/mol. The van der Waals surface area contributed by atoms with Gasteiger partial charge in [-0.3, -0.25) is 9.59 Å². The van der Waals surface area contributed by atoms with E-state index < -0.39 is 0 Å². The van der Waals surface area contributed by atoms with Crippen LogP contribution in [0.3, 0.4) is 0 Å². The van der Waals surface area contributed by atoms with Crippen LogP contribution in [0.1, 0.15) is 23.2 Å². The minimum atomic E-state index is -0.0539. The molecular formula is C24H25N5O3. The number of nitrogens with zero attached hydrogens (tertiary/aromatic N) is 3. The Morgan fingerprint density at radius 1 is 1.12 bits per heavy atom. The van der Waals surface area contributed by atoms with Gasteiger partial charge in [0, 0.05) is 48.3 Å². The van der Waals surface area contributed by atoms with Crippen molar-refractivity contribution < 1.29 is 14.3 Å². The second-order valence-corrected chi connectivity index (χ2v) is 7.60. The van der Waals surface area contributed by atoms with E-state index in [-0.39, 0.29) is 11.9 Å². The van der Waals surface area contributed by atoms with Crippen LogP contribution in [-0.2, 0) is 4.79 Å². The molecule has 1 atom stereocenters. The molecule has 8 heteroatoms. The highest BCUT2D eigenvalue weighted by molar-refractivity contribution is 5.95. The molecule has 4 rings (SSSR count). The standard InChI is InChI=1S/C24H25N5O3/c1-32-22-9-7-17(8-10-22)19-13-25-24(26-14-19)28-20-5-2-4-18(12-20)23(31)29-11-3-6-21(15-29)27-16-30/h2,4-5,7-10,12-14,16,21H,3,6,11,15H2,1H3,(H,27,30)(H,25,26,28). The SMILES string of the molecule is COc1ccc(-c2cnc(Nc3cccc(C(=O)N4CCCC(NC=O)C4)c3)nc2)cc1. The van der Waals surface area contributed by atoms with Gasteiger partial charge in [0.2, 0.25) is 12.4 Å². The molecule has 2 N–H and O–H groups in total. The van der Waals surface area contributed by atoms with E-state index in [1.54, 1.807) is 36.5 Å². The maximum Gasteiger partial charge on any atom is 0.253 e. The lowest BCUT2D eigenvalue weighted by Gasteiger charge is -2.32. The number of hydrogen-bond donors (Lipinski definition) is 2. The average molecular weight is 431 g/mol. The number of rotatable bonds is 7. The van der Waals surface area contributed by atoms with E-state index in [4.69, 9.17) is 4.74 Å². The lowest BCUT2D eigenvalue weighted by atomic mass is 10.0. The van der Waals surface area contributed by atoms with Crippen LogP contribution in [-0.4, -0.2) is 53.4 Å². The van der Waals surface area contributed by atoms with E-state index in [9.17, 15) is 9.59 Å². The van der Waals surface area contributed by atoms with Gasteiger partial charge >= 0.3 is 0 Å². The Balaban J connectivity index is 1.43. The van der Waals surface area contributed by atoms with Crippen LogP contribution in [0.15, 0.2) is 60.9 Å². The molecule has 8 nitrogen and oxygen atoms in total. The molecule has 1 aliphatic rings. The average Bonchev–Trinajstić information content (AvgIpc) is 2.85. The third kappa shape index (κ3) is 5.03. The Morgan fingerprint density at radius 2 is 1.91 bits per heavy atom. The molecule has 1 aromatic heterocycles. The molecule has 164 valence electrons. The van der Waals surface area contributed by atoms with E-state index in [2.05, 4.69) is 20.6 Å². The number of anilines is 2. The lowest BCUT2D eigenvalue weighted by Crippen LogP contribution is -2.47. The number of aromatic nitrogens is 2. The molecule has 3 aromatic rings. The van der Waals surface area contributed by atoms with E-state index in [0.717, 1.165) is 35.4 Å². The number of carbonyl (C=O) groups excluding carboxylic acids is 2.